The van der Waals surface area contributed by atoms with Gasteiger partial charge in [-0.2, -0.15) is 0 Å². The molecular weight excluding hydrogens is 374 g/mol. The number of methoxy groups -OCH3 is 1. The highest BCUT2D eigenvalue weighted by atomic mass is 16.5. The Hall–Kier alpha value is -2.90. The van der Waals surface area contributed by atoms with E-state index in [9.17, 15) is 14.7 Å². The fraction of sp³-hybridized carbons (Fsp3) is 0.364. The Morgan fingerprint density at radius 2 is 2.10 bits per heavy atom. The molecule has 0 bridgehead atoms. The predicted molar refractivity (Wildman–Crippen MR) is 107 cm³/mol. The van der Waals surface area contributed by atoms with Gasteiger partial charge < -0.3 is 24.2 Å². The Morgan fingerprint density at radius 3 is 2.90 bits per heavy atom. The molecule has 7 nitrogen and oxygen atoms in total. The van der Waals surface area contributed by atoms with E-state index >= 15 is 0 Å². The maximum absolute atomic E-state index is 13.3. The first-order chi connectivity index (χ1) is 14.2. The molecule has 0 spiro atoms. The van der Waals surface area contributed by atoms with Crippen molar-refractivity contribution >= 4 is 12.2 Å². The van der Waals surface area contributed by atoms with Crippen molar-refractivity contribution in [2.75, 3.05) is 40.1 Å². The average molecular weight is 399 g/mol. The van der Waals surface area contributed by atoms with Gasteiger partial charge in [-0.15, -0.1) is 0 Å². The number of phenols is 1. The van der Waals surface area contributed by atoms with Crippen LogP contribution in [0.2, 0.25) is 0 Å². The number of hydrogen-bond donors (Lipinski definition) is 1. The quantitative estimate of drug-likeness (QED) is 0.686. The molecule has 1 atom stereocenters. The van der Waals surface area contributed by atoms with Gasteiger partial charge in [-0.3, -0.25) is 9.59 Å². The zero-order valence-corrected chi connectivity index (χ0v) is 16.4. The van der Waals surface area contributed by atoms with E-state index in [1.807, 2.05) is 24.3 Å². The normalized spacial score (nSPS) is 16.4. The Kier molecular flexibility index (Phi) is 7.21. The number of nitrogens with zero attached hydrogens (tertiary/aromatic N) is 1. The maximum Gasteiger partial charge on any atom is 0.254 e. The lowest BCUT2D eigenvalue weighted by molar-refractivity contribution is -0.0151. The van der Waals surface area contributed by atoms with Crippen LogP contribution in [0, 0.1) is 0 Å². The zero-order chi connectivity index (χ0) is 20.6. The average Bonchev–Trinajstić information content (AvgIpc) is 2.76. The van der Waals surface area contributed by atoms with Crippen molar-refractivity contribution < 1.29 is 28.9 Å². The van der Waals surface area contributed by atoms with Crippen molar-refractivity contribution in [3.63, 3.8) is 0 Å². The van der Waals surface area contributed by atoms with E-state index in [4.69, 9.17) is 14.2 Å². The highest BCUT2D eigenvalue weighted by molar-refractivity contribution is 5.96. The lowest BCUT2D eigenvalue weighted by atomic mass is 10.0. The van der Waals surface area contributed by atoms with Gasteiger partial charge in [-0.25, -0.2) is 0 Å². The molecule has 7 heteroatoms. The number of aldehydes is 1. The number of amides is 1. The monoisotopic (exact) mass is 399 g/mol. The molecule has 3 rings (SSSR count). The number of phenolic OH excluding ortho intramolecular Hbond substituents is 1. The lowest BCUT2D eigenvalue weighted by Crippen LogP contribution is -2.51. The Bertz CT molecular complexity index is 853. The van der Waals surface area contributed by atoms with Gasteiger partial charge in [0.1, 0.15) is 18.1 Å². The summed E-state index contributed by atoms with van der Waals surface area (Å²) in [5.74, 6) is 0.0518. The molecule has 1 aliphatic heterocycles. The second kappa shape index (κ2) is 10.0. The van der Waals surface area contributed by atoms with Crippen molar-refractivity contribution in [1.82, 2.24) is 4.90 Å². The first kappa shape index (κ1) is 20.8. The van der Waals surface area contributed by atoms with Gasteiger partial charge in [0.2, 0.25) is 0 Å². The number of hydrogen-bond acceptors (Lipinski definition) is 6. The van der Waals surface area contributed by atoms with Crippen molar-refractivity contribution in [3.8, 4) is 11.5 Å². The van der Waals surface area contributed by atoms with Crippen LogP contribution < -0.4 is 4.74 Å². The lowest BCUT2D eigenvalue weighted by Gasteiger charge is -2.36. The fourth-order valence-electron chi connectivity index (χ4n) is 3.34. The molecule has 1 aliphatic rings. The van der Waals surface area contributed by atoms with Crippen LogP contribution in [0.3, 0.4) is 0 Å². The predicted octanol–water partition coefficient (Wildman–Crippen LogP) is 2.31. The van der Waals surface area contributed by atoms with Crippen LogP contribution in [0.5, 0.6) is 11.5 Å². The van der Waals surface area contributed by atoms with Crippen molar-refractivity contribution in [1.29, 1.82) is 0 Å². The fourth-order valence-corrected chi connectivity index (χ4v) is 3.34. The molecule has 1 N–H and O–H groups in total. The molecule has 1 heterocycles. The van der Waals surface area contributed by atoms with E-state index in [0.717, 1.165) is 5.56 Å². The van der Waals surface area contributed by atoms with E-state index in [1.165, 1.54) is 6.07 Å². The standard InChI is InChI=1S/C22H25NO6/c1-27-11-9-16-5-2-3-6-18(16)22(26)23-10-12-28-14-17(23)15-29-21-8-4-7-20(25)19(21)13-24/h2-8,13,17,25H,9-12,14-15H2,1H3. The van der Waals surface area contributed by atoms with Crippen LogP contribution >= 0.6 is 0 Å². The second-order valence-electron chi connectivity index (χ2n) is 6.75. The van der Waals surface area contributed by atoms with E-state index in [2.05, 4.69) is 0 Å². The van der Waals surface area contributed by atoms with Crippen molar-refractivity contribution in [2.45, 2.75) is 12.5 Å². The Balaban J connectivity index is 1.76. The highest BCUT2D eigenvalue weighted by Gasteiger charge is 2.30. The van der Waals surface area contributed by atoms with Gasteiger partial charge in [0, 0.05) is 19.2 Å². The summed E-state index contributed by atoms with van der Waals surface area (Å²) in [7, 11) is 1.63. The smallest absolute Gasteiger partial charge is 0.254 e. The Morgan fingerprint density at radius 1 is 1.28 bits per heavy atom. The summed E-state index contributed by atoms with van der Waals surface area (Å²) in [4.78, 5) is 26.3. The van der Waals surface area contributed by atoms with E-state index < -0.39 is 0 Å². The first-order valence-corrected chi connectivity index (χ1v) is 9.51. The first-order valence-electron chi connectivity index (χ1n) is 9.51. The SMILES string of the molecule is COCCc1ccccc1C(=O)N1CCOCC1COc1cccc(O)c1C=O. The van der Waals surface area contributed by atoms with Crippen molar-refractivity contribution in [3.05, 3.63) is 59.2 Å². The summed E-state index contributed by atoms with van der Waals surface area (Å²) in [5, 5.41) is 9.81. The third kappa shape index (κ3) is 4.93. The number of morpholine rings is 1. The minimum Gasteiger partial charge on any atom is -0.507 e. The summed E-state index contributed by atoms with van der Waals surface area (Å²) in [6.07, 6.45) is 1.20. The summed E-state index contributed by atoms with van der Waals surface area (Å²) < 4.78 is 16.5. The van der Waals surface area contributed by atoms with Crippen molar-refractivity contribution in [2.24, 2.45) is 0 Å². The minimum atomic E-state index is -0.311. The maximum atomic E-state index is 13.3. The molecule has 1 saturated heterocycles. The number of carbonyl (C=O) groups is 2. The molecule has 154 valence electrons. The Labute approximate surface area is 169 Å². The van der Waals surface area contributed by atoms with Gasteiger partial charge in [0.25, 0.3) is 5.91 Å². The van der Waals surface area contributed by atoms with Gasteiger partial charge in [0.15, 0.2) is 6.29 Å². The van der Waals surface area contributed by atoms with Crippen LogP contribution in [-0.4, -0.2) is 68.3 Å². The van der Waals surface area contributed by atoms with E-state index in [1.54, 1.807) is 24.1 Å². The largest absolute Gasteiger partial charge is 0.507 e. The molecule has 1 unspecified atom stereocenters. The van der Waals surface area contributed by atoms with Gasteiger partial charge in [-0.1, -0.05) is 24.3 Å². The van der Waals surface area contributed by atoms with Crippen LogP contribution in [-0.2, 0) is 15.9 Å². The molecule has 0 saturated carbocycles. The highest BCUT2D eigenvalue weighted by Crippen LogP contribution is 2.26. The molecule has 0 aromatic heterocycles. The summed E-state index contributed by atoms with van der Waals surface area (Å²) >= 11 is 0. The van der Waals surface area contributed by atoms with Gasteiger partial charge in [-0.05, 0) is 30.2 Å². The summed E-state index contributed by atoms with van der Waals surface area (Å²) in [5.41, 5.74) is 1.66. The van der Waals surface area contributed by atoms with E-state index in [-0.39, 0.29) is 35.6 Å². The van der Waals surface area contributed by atoms with Crippen LogP contribution in [0.4, 0.5) is 0 Å². The number of aromatic hydroxyl groups is 1. The molecule has 1 amide bonds. The number of carbonyl (C=O) groups excluding carboxylic acids is 2. The third-order valence-corrected chi connectivity index (χ3v) is 4.90. The molecule has 29 heavy (non-hydrogen) atoms. The topological polar surface area (TPSA) is 85.3 Å². The molecule has 2 aromatic rings. The minimum absolute atomic E-state index is 0.0832. The van der Waals surface area contributed by atoms with Crippen LogP contribution in [0.1, 0.15) is 26.3 Å². The second-order valence-corrected chi connectivity index (χ2v) is 6.75. The van der Waals surface area contributed by atoms with Crippen LogP contribution in [0.25, 0.3) is 0 Å². The molecule has 1 fully saturated rings. The summed E-state index contributed by atoms with van der Waals surface area (Å²) in [6, 6.07) is 11.8. The third-order valence-electron chi connectivity index (χ3n) is 4.90. The molecular formula is C22H25NO6. The van der Waals surface area contributed by atoms with Gasteiger partial charge in [0.05, 0.1) is 31.4 Å². The molecule has 2 aromatic carbocycles. The number of ether oxygens (including phenoxy) is 3. The number of benzene rings is 2. The van der Waals surface area contributed by atoms with Crippen LogP contribution in [0.15, 0.2) is 42.5 Å². The number of rotatable bonds is 8. The summed E-state index contributed by atoms with van der Waals surface area (Å²) in [6.45, 7) is 1.92. The molecule has 0 aliphatic carbocycles. The zero-order valence-electron chi connectivity index (χ0n) is 16.4. The van der Waals surface area contributed by atoms with E-state index in [0.29, 0.717) is 44.6 Å². The molecule has 0 radical (unpaired) electrons. The van der Waals surface area contributed by atoms with Gasteiger partial charge >= 0.3 is 0 Å².